The lowest BCUT2D eigenvalue weighted by Gasteiger charge is -2.19. The standard InChI is InChI=1S/C29H29FN4O4.C24H21FN4O2.C17H21N3O4.C12H10FNO.ClH/c1-19-16-24(27(35)32-23-14-9-15-25(26(23)30)37-22-12-6-5-7-13-22)34(33-19)21-11-8-10-20(17-21)18-31-28(36)38-29(2,3)4;1-16-13-21(29(28-16)18-8-5-7-17(14-18)15-26)24(30)27-20-11-6-12-22(23(20)25)31-19-9-3-2-4-10-19;1-11-8-14(15(21)22)20(19-11)13-7-5-6-12(9-13)10-18-16(23)24-17(2,3)4;13-12-10(14)7-4-8-11(12)15-9-5-2-1-3-6-9;/h5-17H,18H2,1-4H3,(H,31,36)(H,32,35);2-14H,15,26H2,1H3,(H,27,30);5-9H,10H2,1-4H3,(H,18,23)(H,21,22);1-8H,14H2;1H. The summed E-state index contributed by atoms with van der Waals surface area (Å²) < 4.78 is 75.0. The van der Waals surface area contributed by atoms with Crippen LogP contribution in [0.2, 0.25) is 0 Å². The number of anilines is 3. The first kappa shape index (κ1) is 81.5. The molecular formula is C82H82ClF3N12O11. The van der Waals surface area contributed by atoms with Gasteiger partial charge in [0.15, 0.2) is 40.4 Å². The van der Waals surface area contributed by atoms with Crippen molar-refractivity contribution in [2.24, 2.45) is 5.73 Å². The molecule has 0 aliphatic rings. The number of nitrogens with one attached hydrogen (secondary N) is 4. The second-order valence-corrected chi connectivity index (χ2v) is 26.0. The van der Waals surface area contributed by atoms with Crippen molar-refractivity contribution in [2.75, 3.05) is 16.4 Å². The maximum Gasteiger partial charge on any atom is 0.407 e. The van der Waals surface area contributed by atoms with Crippen molar-refractivity contribution >= 4 is 59.4 Å². The molecule has 0 radical (unpaired) electrons. The van der Waals surface area contributed by atoms with Crippen LogP contribution in [-0.2, 0) is 29.1 Å². The summed E-state index contributed by atoms with van der Waals surface area (Å²) in [7, 11) is 0. The van der Waals surface area contributed by atoms with Crippen molar-refractivity contribution < 1.29 is 65.9 Å². The first-order valence-corrected chi connectivity index (χ1v) is 33.8. The maximum atomic E-state index is 15.2. The highest BCUT2D eigenvalue weighted by Gasteiger charge is 2.24. The molecule has 9 N–H and O–H groups in total. The van der Waals surface area contributed by atoms with E-state index in [1.807, 2.05) is 66.7 Å². The van der Waals surface area contributed by atoms with Crippen LogP contribution in [0.1, 0.15) is 107 Å². The van der Waals surface area contributed by atoms with Crippen LogP contribution in [0.15, 0.2) is 237 Å². The zero-order valence-corrected chi connectivity index (χ0v) is 61.9. The molecule has 109 heavy (non-hydrogen) atoms. The van der Waals surface area contributed by atoms with E-state index >= 15 is 4.39 Å². The van der Waals surface area contributed by atoms with E-state index in [2.05, 4.69) is 36.6 Å². The molecule has 12 rings (SSSR count). The van der Waals surface area contributed by atoms with E-state index in [1.54, 1.807) is 196 Å². The monoisotopic (exact) mass is 1500 g/mol. The summed E-state index contributed by atoms with van der Waals surface area (Å²) in [5.41, 5.74) is 16.9. The number of rotatable bonds is 19. The zero-order valence-electron chi connectivity index (χ0n) is 61.0. The Kier molecular flexibility index (Phi) is 28.2. The average molecular weight is 1500 g/mol. The number of nitrogens with two attached hydrogens (primary N) is 2. The van der Waals surface area contributed by atoms with Crippen molar-refractivity contribution in [1.29, 1.82) is 0 Å². The van der Waals surface area contributed by atoms with Gasteiger partial charge in [0.25, 0.3) is 11.8 Å². The number of hydrogen-bond acceptors (Lipinski definition) is 15. The first-order valence-electron chi connectivity index (χ1n) is 33.8. The van der Waals surface area contributed by atoms with Gasteiger partial charge in [0, 0.05) is 19.6 Å². The van der Waals surface area contributed by atoms with Gasteiger partial charge in [-0.05, 0) is 206 Å². The number of ether oxygens (including phenoxy) is 5. The fourth-order valence-corrected chi connectivity index (χ4v) is 10.2. The molecule has 0 spiro atoms. The van der Waals surface area contributed by atoms with Gasteiger partial charge in [-0.15, -0.1) is 12.4 Å². The van der Waals surface area contributed by atoms with Crippen LogP contribution >= 0.6 is 12.4 Å². The topological polar surface area (TPSA) is 305 Å². The van der Waals surface area contributed by atoms with Crippen molar-refractivity contribution in [3.63, 3.8) is 0 Å². The molecule has 27 heteroatoms. The largest absolute Gasteiger partial charge is 0.477 e. The van der Waals surface area contributed by atoms with Gasteiger partial charge in [0.1, 0.15) is 39.8 Å². The van der Waals surface area contributed by atoms with Crippen molar-refractivity contribution in [1.82, 2.24) is 40.0 Å². The van der Waals surface area contributed by atoms with Crippen molar-refractivity contribution in [2.45, 2.75) is 93.2 Å². The molecule has 0 atom stereocenters. The van der Waals surface area contributed by atoms with Crippen LogP contribution in [-0.4, -0.2) is 75.6 Å². The number of aromatic carboxylic acids is 1. The number of carboxylic acid groups (broad SMARTS) is 1. The minimum atomic E-state index is -1.05. The van der Waals surface area contributed by atoms with Crippen LogP contribution in [0.25, 0.3) is 17.1 Å². The zero-order chi connectivity index (χ0) is 77.7. The molecule has 3 aromatic heterocycles. The van der Waals surface area contributed by atoms with Crippen LogP contribution in [0, 0.1) is 38.2 Å². The van der Waals surface area contributed by atoms with Gasteiger partial charge in [0.2, 0.25) is 0 Å². The Morgan fingerprint density at radius 3 is 1.10 bits per heavy atom. The van der Waals surface area contributed by atoms with Crippen molar-refractivity contribution in [3.05, 3.63) is 305 Å². The number of hydrogen-bond donors (Lipinski definition) is 7. The first-order chi connectivity index (χ1) is 51.6. The van der Waals surface area contributed by atoms with Gasteiger partial charge in [-0.1, -0.05) is 109 Å². The molecule has 12 aromatic rings. The highest BCUT2D eigenvalue weighted by molar-refractivity contribution is 6.04. The molecule has 9 aromatic carbocycles. The number of alkyl carbamates (subject to hydrolysis) is 2. The molecule has 0 bridgehead atoms. The van der Waals surface area contributed by atoms with E-state index in [0.717, 1.165) is 16.7 Å². The third kappa shape index (κ3) is 23.9. The number of carbonyl (C=O) groups excluding carboxylic acids is 4. The lowest BCUT2D eigenvalue weighted by atomic mass is 10.2. The van der Waals surface area contributed by atoms with Gasteiger partial charge in [-0.3, -0.25) is 9.59 Å². The number of para-hydroxylation sites is 3. The Bertz CT molecular complexity index is 5110. The summed E-state index contributed by atoms with van der Waals surface area (Å²) in [4.78, 5) is 61.2. The number of carbonyl (C=O) groups is 5. The van der Waals surface area contributed by atoms with Gasteiger partial charge in [-0.2, -0.15) is 15.3 Å². The number of nitrogens with zero attached hydrogens (tertiary/aromatic N) is 6. The van der Waals surface area contributed by atoms with Crippen molar-refractivity contribution in [3.8, 4) is 51.6 Å². The SMILES string of the molecule is Cc1cc(C(=O)Nc2cccc(Oc3ccccc3)c2F)n(-c2cccc(CN)c2)n1.Cc1cc(C(=O)Nc2cccc(Oc3ccccc3)c2F)n(-c2cccc(CNC(=O)OC(C)(C)C)c2)n1.Cc1cc(C(=O)O)n(-c2cccc(CNC(=O)OC(C)(C)C)c2)n1.Cl.Nc1cccc(Oc2ccccc2)c1F. The van der Waals surface area contributed by atoms with E-state index in [1.165, 1.54) is 50.4 Å². The number of halogens is 4. The Balaban J connectivity index is 0.000000190. The normalized spacial score (nSPS) is 10.7. The van der Waals surface area contributed by atoms with Gasteiger partial charge < -0.3 is 61.5 Å². The van der Waals surface area contributed by atoms with Crippen LogP contribution in [0.4, 0.5) is 39.8 Å². The molecule has 0 unspecified atom stereocenters. The van der Waals surface area contributed by atoms with Crippen LogP contribution in [0.5, 0.6) is 34.5 Å². The second-order valence-electron chi connectivity index (χ2n) is 26.0. The van der Waals surface area contributed by atoms with Crippen LogP contribution < -0.4 is 46.9 Å². The lowest BCUT2D eigenvalue weighted by Crippen LogP contribution is -2.32. The lowest BCUT2D eigenvalue weighted by molar-refractivity contribution is 0.0512. The third-order valence-corrected chi connectivity index (χ3v) is 14.9. The predicted octanol–water partition coefficient (Wildman–Crippen LogP) is 17.7. The third-order valence-electron chi connectivity index (χ3n) is 14.9. The van der Waals surface area contributed by atoms with Gasteiger partial charge in [-0.25, -0.2) is 41.6 Å². The number of carboxylic acids is 1. The molecule has 23 nitrogen and oxygen atoms in total. The number of aryl methyl sites for hydroxylation is 3. The van der Waals surface area contributed by atoms with E-state index in [4.69, 9.17) is 35.2 Å². The van der Waals surface area contributed by atoms with Gasteiger partial charge in [0.05, 0.1) is 51.2 Å². The molecule has 4 amide bonds. The van der Waals surface area contributed by atoms with Crippen LogP contribution in [0.3, 0.4) is 0 Å². The van der Waals surface area contributed by atoms with Gasteiger partial charge >= 0.3 is 18.2 Å². The number of amides is 4. The summed E-state index contributed by atoms with van der Waals surface area (Å²) >= 11 is 0. The predicted molar refractivity (Wildman–Crippen MR) is 412 cm³/mol. The summed E-state index contributed by atoms with van der Waals surface area (Å²) in [5.74, 6) is -2.25. The number of nitrogen functional groups attached to an aromatic ring is 1. The fraction of sp³-hybridized carbons (Fsp3) is 0.171. The molecular weight excluding hydrogens is 1420 g/mol. The Labute approximate surface area is 634 Å². The summed E-state index contributed by atoms with van der Waals surface area (Å²) in [5, 5.41) is 33.0. The summed E-state index contributed by atoms with van der Waals surface area (Å²) in [6, 6.07) is 67.1. The Morgan fingerprint density at radius 1 is 0.422 bits per heavy atom. The highest BCUT2D eigenvalue weighted by atomic mass is 35.5. The second kappa shape index (κ2) is 37.7. The minimum absolute atomic E-state index is 0. The molecule has 0 fully saturated rings. The Morgan fingerprint density at radius 2 is 0.743 bits per heavy atom. The van der Waals surface area contributed by atoms with E-state index in [-0.39, 0.29) is 76.9 Å². The summed E-state index contributed by atoms with van der Waals surface area (Å²) in [6.45, 7) is 16.9. The maximum absolute atomic E-state index is 15.2. The molecule has 0 saturated heterocycles. The smallest absolute Gasteiger partial charge is 0.407 e. The summed E-state index contributed by atoms with van der Waals surface area (Å²) in [6.07, 6.45) is -1.03. The average Bonchev–Trinajstić information content (AvgIpc) is 1.73. The minimum Gasteiger partial charge on any atom is -0.477 e. The van der Waals surface area contributed by atoms with E-state index in [9.17, 15) is 37.9 Å². The highest BCUT2D eigenvalue weighted by Crippen LogP contribution is 2.33. The molecule has 0 aliphatic heterocycles. The molecule has 3 heterocycles. The molecule has 0 saturated carbocycles. The quantitative estimate of drug-likeness (QED) is 0.0370. The fourth-order valence-electron chi connectivity index (χ4n) is 10.2. The van der Waals surface area contributed by atoms with E-state index in [0.29, 0.717) is 57.9 Å². The van der Waals surface area contributed by atoms with E-state index < -0.39 is 58.6 Å². The Hall–Kier alpha value is -13.2. The molecule has 564 valence electrons. The molecule has 0 aliphatic carbocycles. The number of benzene rings is 9. The number of aromatic nitrogens is 6.